The van der Waals surface area contributed by atoms with Gasteiger partial charge in [-0.2, -0.15) is 0 Å². The summed E-state index contributed by atoms with van der Waals surface area (Å²) in [4.78, 5) is 26.6. The first-order valence-electron chi connectivity index (χ1n) is 6.22. The largest absolute Gasteiger partial charge is 0.320 e. The fraction of sp³-hybridized carbons (Fsp3) is 0.429. The Bertz CT molecular complexity index is 562. The third kappa shape index (κ3) is 1.42. The first kappa shape index (κ1) is 12.5. The maximum absolute atomic E-state index is 12.6. The summed E-state index contributed by atoms with van der Waals surface area (Å²) in [6, 6.07) is 9.85. The highest BCUT2D eigenvalue weighted by Gasteiger charge is 2.70. The molecule has 2 aliphatic heterocycles. The van der Waals surface area contributed by atoms with Gasteiger partial charge in [-0.25, -0.2) is 0 Å². The number of piperazine rings is 1. The summed E-state index contributed by atoms with van der Waals surface area (Å²) in [5.41, 5.74) is 1.07. The molecule has 3 rings (SSSR count). The number of nitrogens with zero attached hydrogens (tertiary/aromatic N) is 2. The Morgan fingerprint density at radius 1 is 1.05 bits per heavy atom. The van der Waals surface area contributed by atoms with Gasteiger partial charge >= 0.3 is 0 Å². The number of hydrogen-bond donors (Lipinski definition) is 0. The molecule has 2 bridgehead atoms. The van der Waals surface area contributed by atoms with Gasteiger partial charge in [0.05, 0.1) is 0 Å². The van der Waals surface area contributed by atoms with Crippen molar-refractivity contribution in [1.82, 2.24) is 9.80 Å². The van der Waals surface area contributed by atoms with E-state index in [4.69, 9.17) is 0 Å². The van der Waals surface area contributed by atoms with Crippen molar-refractivity contribution in [1.29, 1.82) is 0 Å². The second-order valence-corrected chi connectivity index (χ2v) is 6.93. The lowest BCUT2D eigenvalue weighted by molar-refractivity contribution is -0.157. The first-order valence-corrected chi connectivity index (χ1v) is 7.04. The number of likely N-dealkylation sites (N-methyl/N-ethyl adjacent to an activating group) is 2. The summed E-state index contributed by atoms with van der Waals surface area (Å²) >= 11 is 1.46. The molecule has 0 unspecified atom stereocenters. The smallest absolute Gasteiger partial charge is 0.260 e. The SMILES string of the molecule is CN1C(=O)[C@@]2(Cc3ccccc3)S[C@]1(C)C(=O)N2C. The van der Waals surface area contributed by atoms with E-state index < -0.39 is 9.74 Å². The van der Waals surface area contributed by atoms with E-state index in [9.17, 15) is 9.59 Å². The predicted octanol–water partition coefficient (Wildman–Crippen LogP) is 1.32. The zero-order chi connectivity index (χ0) is 13.8. The molecule has 5 heteroatoms. The Morgan fingerprint density at radius 2 is 1.68 bits per heavy atom. The Kier molecular flexibility index (Phi) is 2.48. The Hall–Kier alpha value is -1.49. The van der Waals surface area contributed by atoms with Crippen LogP contribution in [0.15, 0.2) is 30.3 Å². The van der Waals surface area contributed by atoms with Gasteiger partial charge in [0.15, 0.2) is 9.74 Å². The van der Waals surface area contributed by atoms with Crippen molar-refractivity contribution >= 4 is 23.6 Å². The van der Waals surface area contributed by atoms with Crippen LogP contribution in [0.5, 0.6) is 0 Å². The monoisotopic (exact) mass is 276 g/mol. The summed E-state index contributed by atoms with van der Waals surface area (Å²) in [5, 5.41) is 0. The van der Waals surface area contributed by atoms with Crippen LogP contribution in [-0.2, 0) is 16.0 Å². The molecule has 19 heavy (non-hydrogen) atoms. The Labute approximate surface area is 116 Å². The van der Waals surface area contributed by atoms with E-state index in [-0.39, 0.29) is 11.8 Å². The van der Waals surface area contributed by atoms with Gasteiger partial charge in [0, 0.05) is 20.5 Å². The van der Waals surface area contributed by atoms with Crippen LogP contribution in [0.4, 0.5) is 0 Å². The molecule has 2 amide bonds. The molecule has 0 spiro atoms. The topological polar surface area (TPSA) is 40.6 Å². The van der Waals surface area contributed by atoms with Gasteiger partial charge < -0.3 is 9.80 Å². The molecular formula is C14H16N2O2S. The van der Waals surface area contributed by atoms with Crippen molar-refractivity contribution in [2.45, 2.75) is 23.1 Å². The molecule has 1 aromatic carbocycles. The number of fused-ring (bicyclic) bond motifs is 2. The summed E-state index contributed by atoms with van der Waals surface area (Å²) in [6.45, 7) is 1.83. The van der Waals surface area contributed by atoms with Crippen molar-refractivity contribution in [2.75, 3.05) is 14.1 Å². The van der Waals surface area contributed by atoms with Crippen molar-refractivity contribution in [3.8, 4) is 0 Å². The van der Waals surface area contributed by atoms with Gasteiger partial charge in [-0.3, -0.25) is 9.59 Å². The standard InChI is InChI=1S/C14H16N2O2S/c1-13-11(17)16(3)14(19-13,12(18)15(13)2)9-10-7-5-4-6-8-10/h4-8H,9H2,1-3H3/t13-,14-/m1/s1. The van der Waals surface area contributed by atoms with Gasteiger partial charge in [0.2, 0.25) is 0 Å². The van der Waals surface area contributed by atoms with Gasteiger partial charge in [0.25, 0.3) is 11.8 Å². The summed E-state index contributed by atoms with van der Waals surface area (Å²) in [7, 11) is 3.45. The van der Waals surface area contributed by atoms with Crippen LogP contribution in [0.2, 0.25) is 0 Å². The van der Waals surface area contributed by atoms with E-state index in [1.165, 1.54) is 11.8 Å². The van der Waals surface area contributed by atoms with Crippen LogP contribution in [0.25, 0.3) is 0 Å². The summed E-state index contributed by atoms with van der Waals surface area (Å²) in [5.74, 6) is 0.0292. The normalized spacial score (nSPS) is 33.4. The van der Waals surface area contributed by atoms with E-state index in [0.29, 0.717) is 6.42 Å². The molecule has 2 aliphatic rings. The van der Waals surface area contributed by atoms with Gasteiger partial charge in [-0.1, -0.05) is 42.1 Å². The highest BCUT2D eigenvalue weighted by Crippen LogP contribution is 2.57. The minimum atomic E-state index is -0.776. The average molecular weight is 276 g/mol. The maximum Gasteiger partial charge on any atom is 0.260 e. The number of thioether (sulfide) groups is 1. The third-order valence-electron chi connectivity index (χ3n) is 4.18. The van der Waals surface area contributed by atoms with E-state index in [2.05, 4.69) is 0 Å². The Balaban J connectivity index is 2.03. The summed E-state index contributed by atoms with van der Waals surface area (Å²) in [6.07, 6.45) is 0.555. The zero-order valence-corrected chi connectivity index (χ0v) is 12.0. The van der Waals surface area contributed by atoms with Crippen LogP contribution in [0.3, 0.4) is 0 Å². The molecule has 2 fully saturated rings. The second-order valence-electron chi connectivity index (χ2n) is 5.26. The lowest BCUT2D eigenvalue weighted by atomic mass is 9.99. The maximum atomic E-state index is 12.6. The van der Waals surface area contributed by atoms with Gasteiger partial charge in [-0.05, 0) is 12.5 Å². The minimum Gasteiger partial charge on any atom is -0.320 e. The predicted molar refractivity (Wildman–Crippen MR) is 74.4 cm³/mol. The molecule has 0 N–H and O–H groups in total. The molecule has 0 aliphatic carbocycles. The molecule has 0 aromatic heterocycles. The quantitative estimate of drug-likeness (QED) is 0.818. The summed E-state index contributed by atoms with van der Waals surface area (Å²) < 4.78 is 0. The van der Waals surface area contributed by atoms with Crippen molar-refractivity contribution in [3.63, 3.8) is 0 Å². The number of carbonyl (C=O) groups excluding carboxylic acids is 2. The van der Waals surface area contributed by atoms with Crippen LogP contribution in [-0.4, -0.2) is 45.5 Å². The third-order valence-corrected chi connectivity index (χ3v) is 5.95. The zero-order valence-electron chi connectivity index (χ0n) is 11.2. The lowest BCUT2D eigenvalue weighted by Crippen LogP contribution is -2.62. The van der Waals surface area contributed by atoms with Crippen LogP contribution in [0.1, 0.15) is 12.5 Å². The van der Waals surface area contributed by atoms with E-state index in [1.807, 2.05) is 37.3 Å². The molecule has 1 aromatic rings. The van der Waals surface area contributed by atoms with Crippen molar-refractivity contribution in [2.24, 2.45) is 0 Å². The first-order chi connectivity index (χ1) is 8.92. The number of amides is 2. The number of carbonyl (C=O) groups is 2. The molecule has 4 nitrogen and oxygen atoms in total. The molecule has 100 valence electrons. The molecule has 2 saturated heterocycles. The molecule has 2 atom stereocenters. The minimum absolute atomic E-state index is 0.00975. The fourth-order valence-corrected chi connectivity index (χ4v) is 4.66. The molecular weight excluding hydrogens is 260 g/mol. The van der Waals surface area contributed by atoms with Crippen LogP contribution < -0.4 is 0 Å². The van der Waals surface area contributed by atoms with Crippen LogP contribution in [0, 0.1) is 0 Å². The highest BCUT2D eigenvalue weighted by atomic mass is 32.2. The van der Waals surface area contributed by atoms with E-state index in [0.717, 1.165) is 5.56 Å². The van der Waals surface area contributed by atoms with Crippen molar-refractivity contribution in [3.05, 3.63) is 35.9 Å². The van der Waals surface area contributed by atoms with Crippen LogP contribution >= 0.6 is 11.8 Å². The molecule has 2 heterocycles. The van der Waals surface area contributed by atoms with Crippen molar-refractivity contribution < 1.29 is 9.59 Å². The molecule has 0 saturated carbocycles. The lowest BCUT2D eigenvalue weighted by Gasteiger charge is -2.38. The van der Waals surface area contributed by atoms with E-state index >= 15 is 0 Å². The fourth-order valence-electron chi connectivity index (χ4n) is 2.87. The number of benzene rings is 1. The van der Waals surface area contributed by atoms with E-state index in [1.54, 1.807) is 23.9 Å². The number of hydrogen-bond acceptors (Lipinski definition) is 3. The Morgan fingerprint density at radius 3 is 2.32 bits per heavy atom. The highest BCUT2D eigenvalue weighted by molar-refractivity contribution is 8.04. The molecule has 0 radical (unpaired) electrons. The second kappa shape index (κ2) is 3.76. The van der Waals surface area contributed by atoms with Gasteiger partial charge in [-0.15, -0.1) is 0 Å². The number of rotatable bonds is 2. The average Bonchev–Trinajstić information content (AvgIpc) is 2.72. The van der Waals surface area contributed by atoms with Gasteiger partial charge in [0.1, 0.15) is 0 Å².